The predicted octanol–water partition coefficient (Wildman–Crippen LogP) is 6.46. The molecule has 5 aliphatic rings. The molecule has 0 spiro atoms. The number of phenols is 1. The van der Waals surface area contributed by atoms with Gasteiger partial charge in [-0.05, 0) is 118 Å². The lowest BCUT2D eigenvalue weighted by atomic mass is 9.91. The molecule has 30 nitrogen and oxygen atoms in total. The molecule has 31 heteroatoms. The zero-order chi connectivity index (χ0) is 76.7. The fourth-order valence-electron chi connectivity index (χ4n) is 14.7. The number of hydrogen-bond acceptors (Lipinski definition) is 22. The number of β-amino-alcohol motifs (C(OH)–C–C–N with tert-alkyl or cyclic N) is 1. The normalized spacial score (nSPS) is 19.0. The lowest BCUT2D eigenvalue weighted by Crippen LogP contribution is -2.61. The number of carbonyl (C=O) groups is 9. The van der Waals surface area contributed by atoms with Gasteiger partial charge in [-0.3, -0.25) is 53.2 Å². The van der Waals surface area contributed by atoms with Crippen LogP contribution in [0.2, 0.25) is 0 Å². The van der Waals surface area contributed by atoms with Crippen LogP contribution in [0.3, 0.4) is 0 Å². The molecule has 576 valence electrons. The third kappa shape index (κ3) is 19.9. The van der Waals surface area contributed by atoms with Crippen LogP contribution in [0.4, 0.5) is 21.1 Å². The number of carbonyl (C=O) groups excluding carboxylic acids is 9. The molecule has 108 heavy (non-hydrogen) atoms. The number of anilines is 2. The van der Waals surface area contributed by atoms with Gasteiger partial charge in [-0.15, -0.1) is 21.5 Å². The number of urea groups is 1. The molecule has 11 rings (SSSR count). The number of aryl methyl sites for hydroxylation is 1. The number of rotatable bonds is 32. The van der Waals surface area contributed by atoms with Crippen LogP contribution in [0.5, 0.6) is 11.6 Å². The van der Waals surface area contributed by atoms with Gasteiger partial charge in [0.25, 0.3) is 17.7 Å². The number of amides is 10. The molecule has 9 N–H and O–H groups in total. The van der Waals surface area contributed by atoms with Gasteiger partial charge in [0, 0.05) is 94.5 Å². The number of unbranched alkanes of at least 4 members (excludes halogenated alkanes) is 2. The summed E-state index contributed by atoms with van der Waals surface area (Å²) < 4.78 is 18.3. The molecule has 3 saturated heterocycles. The number of nitrogens with two attached hydrogens (primary N) is 1. The number of benzene rings is 3. The summed E-state index contributed by atoms with van der Waals surface area (Å²) in [6, 6.07) is 22.1. The first-order chi connectivity index (χ1) is 52.0. The van der Waals surface area contributed by atoms with Crippen LogP contribution in [-0.4, -0.2) is 212 Å². The zero-order valence-corrected chi connectivity index (χ0v) is 62.7. The molecule has 6 aromatic rings. The minimum absolute atomic E-state index is 0.00103. The van der Waals surface area contributed by atoms with Gasteiger partial charge < -0.3 is 66.3 Å². The summed E-state index contributed by atoms with van der Waals surface area (Å²) in [6.45, 7) is 16.8. The van der Waals surface area contributed by atoms with Crippen molar-refractivity contribution in [3.05, 3.63) is 131 Å². The first kappa shape index (κ1) is 78.7. The number of aliphatic hydroxyl groups excluding tert-OH is 1. The van der Waals surface area contributed by atoms with Gasteiger partial charge in [0.2, 0.25) is 35.8 Å². The van der Waals surface area contributed by atoms with Crippen LogP contribution in [-0.2, 0) is 38.3 Å². The molecule has 0 radical (unpaired) electrons. The first-order valence-corrected chi connectivity index (χ1v) is 38.1. The number of nitrogens with zero attached hydrogens (tertiary/aromatic N) is 10. The first-order valence-electron chi connectivity index (χ1n) is 37.2. The Morgan fingerprint density at radius 2 is 1.50 bits per heavy atom. The van der Waals surface area contributed by atoms with Crippen LogP contribution in [0, 0.1) is 24.7 Å². The number of aromatic hydroxyl groups is 1. The van der Waals surface area contributed by atoms with E-state index in [0.29, 0.717) is 86.2 Å². The number of fused-ring (bicyclic) bond motifs is 3. The summed E-state index contributed by atoms with van der Waals surface area (Å²) in [5.41, 5.74) is 11.9. The largest absolute Gasteiger partial charge is 0.507 e. The maximum absolute atomic E-state index is 15.1. The SMILES string of the molecule is Cc1ncsc1-c1ccc([C@H](C)NC(=O)[C@@H]2C[C@@H](O)CN2C(=O)[C@@H](c2cc(OCCN3CCC(CN4CCN5c6cc(-c7ccccc7O)nnc6N(C(=O)OC(NC(=O)[C@H](CCCNC(N)=O)NC(=O)[C@@H](NC(=O)CCCCCN6C(=O)C=CC6=O)C(C)C)c6ccccc6)C[C@H]5C4)CC3)no2)C(C)C)cc1. The summed E-state index contributed by atoms with van der Waals surface area (Å²) in [4.78, 5) is 138. The van der Waals surface area contributed by atoms with Crippen LogP contribution < -0.4 is 46.9 Å². The van der Waals surface area contributed by atoms with E-state index in [1.54, 1.807) is 85.8 Å². The molecule has 3 aromatic carbocycles. The zero-order valence-electron chi connectivity index (χ0n) is 61.8. The molecular weight excluding hydrogens is 1410 g/mol. The highest BCUT2D eigenvalue weighted by molar-refractivity contribution is 7.13. The van der Waals surface area contributed by atoms with Gasteiger partial charge in [-0.1, -0.05) is 101 Å². The second kappa shape index (κ2) is 36.5. The van der Waals surface area contributed by atoms with Crippen LogP contribution in [0.25, 0.3) is 21.7 Å². The fourth-order valence-corrected chi connectivity index (χ4v) is 15.5. The molecule has 0 bridgehead atoms. The van der Waals surface area contributed by atoms with Gasteiger partial charge in [-0.25, -0.2) is 14.6 Å². The third-order valence-electron chi connectivity index (χ3n) is 20.6. The van der Waals surface area contributed by atoms with E-state index in [1.165, 1.54) is 22.0 Å². The van der Waals surface area contributed by atoms with Crippen molar-refractivity contribution in [2.24, 2.45) is 23.5 Å². The number of thiazole rings is 1. The van der Waals surface area contributed by atoms with Crippen LogP contribution in [0.15, 0.2) is 113 Å². The van der Waals surface area contributed by atoms with Crippen molar-refractivity contribution in [3.63, 3.8) is 0 Å². The summed E-state index contributed by atoms with van der Waals surface area (Å²) >= 11 is 1.57. The minimum Gasteiger partial charge on any atom is -0.507 e. The highest BCUT2D eigenvalue weighted by Crippen LogP contribution is 2.41. The average Bonchev–Trinajstić information content (AvgIpc) is 0.974. The van der Waals surface area contributed by atoms with Crippen LogP contribution in [0.1, 0.15) is 133 Å². The van der Waals surface area contributed by atoms with E-state index in [1.807, 2.05) is 63.5 Å². The number of aliphatic hydroxyl groups is 1. The van der Waals surface area contributed by atoms with Crippen molar-refractivity contribution in [2.75, 3.05) is 88.4 Å². The lowest BCUT2D eigenvalue weighted by molar-refractivity contribution is -0.141. The number of imide groups is 1. The van der Waals surface area contributed by atoms with Gasteiger partial charge >= 0.3 is 12.1 Å². The third-order valence-corrected chi connectivity index (χ3v) is 21.6. The van der Waals surface area contributed by atoms with E-state index in [-0.39, 0.29) is 111 Å². The number of para-hydroxylation sites is 1. The van der Waals surface area contributed by atoms with Crippen molar-refractivity contribution in [2.45, 2.75) is 148 Å². The number of hydrogen-bond donors (Lipinski definition) is 8. The number of ether oxygens (including phenoxy) is 2. The van der Waals surface area contributed by atoms with Crippen molar-refractivity contribution in [3.8, 4) is 33.3 Å². The van der Waals surface area contributed by atoms with E-state index >= 15 is 4.79 Å². The summed E-state index contributed by atoms with van der Waals surface area (Å²) in [5.74, 6) is -3.59. The number of aromatic nitrogens is 4. The molecule has 3 aromatic heterocycles. The minimum atomic E-state index is -1.42. The second-order valence-corrected chi connectivity index (χ2v) is 29.9. The van der Waals surface area contributed by atoms with E-state index in [2.05, 4.69) is 61.6 Å². The summed E-state index contributed by atoms with van der Waals surface area (Å²) in [6.07, 6.45) is 2.92. The molecule has 3 fully saturated rings. The highest BCUT2D eigenvalue weighted by Gasteiger charge is 2.45. The van der Waals surface area contributed by atoms with Gasteiger partial charge in [0.05, 0.1) is 52.2 Å². The number of phenolic OH excluding ortho intramolecular Hbond substituents is 1. The number of nitrogens with one attached hydrogen (secondary N) is 5. The Hall–Kier alpha value is -10.4. The predicted molar refractivity (Wildman–Crippen MR) is 401 cm³/mol. The smallest absolute Gasteiger partial charge is 0.417 e. The molecule has 1 unspecified atom stereocenters. The summed E-state index contributed by atoms with van der Waals surface area (Å²) in [5, 5.41) is 49.2. The van der Waals surface area contributed by atoms with Crippen molar-refractivity contribution in [1.82, 2.24) is 66.5 Å². The number of piperidine rings is 1. The Kier molecular flexibility index (Phi) is 26.6. The van der Waals surface area contributed by atoms with Crippen LogP contribution >= 0.6 is 11.3 Å². The van der Waals surface area contributed by atoms with E-state index < -0.39 is 72.1 Å². The lowest BCUT2D eigenvalue weighted by Gasteiger charge is -2.48. The topological polar surface area (TPSA) is 383 Å². The maximum Gasteiger partial charge on any atom is 0.417 e. The van der Waals surface area contributed by atoms with E-state index in [0.717, 1.165) is 59.1 Å². The Balaban J connectivity index is 0.695. The van der Waals surface area contributed by atoms with Crippen molar-refractivity contribution >= 4 is 76.3 Å². The molecule has 10 amide bonds. The maximum atomic E-state index is 15.1. The van der Waals surface area contributed by atoms with Gasteiger partial charge in [0.15, 0.2) is 11.6 Å². The Labute approximate surface area is 631 Å². The molecular formula is C77H98N16O14S. The average molecular weight is 1500 g/mol. The fraction of sp³-hybridized carbons (Fsp3) is 0.494. The molecule has 8 heterocycles. The van der Waals surface area contributed by atoms with Crippen molar-refractivity contribution in [1.29, 1.82) is 0 Å². The van der Waals surface area contributed by atoms with Gasteiger partial charge in [0.1, 0.15) is 36.4 Å². The Morgan fingerprint density at radius 1 is 0.759 bits per heavy atom. The molecule has 0 saturated carbocycles. The molecule has 8 atom stereocenters. The Morgan fingerprint density at radius 3 is 2.20 bits per heavy atom. The number of likely N-dealkylation sites (tertiary alicyclic amines) is 2. The monoisotopic (exact) mass is 1500 g/mol. The van der Waals surface area contributed by atoms with E-state index in [4.69, 9.17) is 19.7 Å². The van der Waals surface area contributed by atoms with Gasteiger partial charge in [-0.2, -0.15) is 0 Å². The molecule has 5 aliphatic heterocycles. The Bertz CT molecular complexity index is 4170. The quantitative estimate of drug-likeness (QED) is 0.0128. The highest BCUT2D eigenvalue weighted by atomic mass is 32.1. The van der Waals surface area contributed by atoms with Crippen molar-refractivity contribution < 1.29 is 67.4 Å². The van der Waals surface area contributed by atoms with E-state index in [9.17, 15) is 48.6 Å². The standard InChI is InChI=1S/C77H98N16O14S/c1-46(2)67(75(102)92-44-55(94)38-60(92)72(100)81-48(5)51-22-24-52(25-23-51)69-49(6)80-45-108-69)62-40-64(87-107-62)105-37-36-88-32-28-50(29-33-88)41-89-34-35-90-54(42-89)43-93(70-59(90)39-58(85-86-70)56-18-12-13-20-61(56)95)77(104)106-74(53-16-9-7-10-17-53)84-71(99)57(19-15-30-79-76(78)103)82-73(101)68(47(3)4)83-63(96)21-11-8-14-31-91-65(97)26-27-66(91)98/h7,9-10,12-13,16-18,20,22-27,39-40,45-48,50,54-55,57,60,67-68,74,94-95H,8,11,14-15,19,21,28-38,41-44H2,1-6H3,(H,81,100)(H,82,101)(H,83,96)(H,84,99)(H3,78,79,103)/t48-,54+,55+,57-,60-,67+,68-,74?/m0/s1. The summed E-state index contributed by atoms with van der Waals surface area (Å²) in [7, 11) is 0. The number of piperazine rings is 1. The number of primary amides is 1. The second-order valence-electron chi connectivity index (χ2n) is 29.0. The molecule has 0 aliphatic carbocycles.